The van der Waals surface area contributed by atoms with E-state index in [1.165, 1.54) is 12.1 Å². The van der Waals surface area contributed by atoms with Crippen molar-refractivity contribution >= 4 is 17.3 Å². The molecule has 2 rings (SSSR count). The van der Waals surface area contributed by atoms with Crippen LogP contribution in [0.25, 0.3) is 0 Å². The summed E-state index contributed by atoms with van der Waals surface area (Å²) in [7, 11) is 1.94. The number of nitrogens with one attached hydrogen (secondary N) is 1. The van der Waals surface area contributed by atoms with Crippen molar-refractivity contribution in [1.82, 2.24) is 0 Å². The molecule has 0 fully saturated rings. The number of carbonyl (C=O) groups excluding carboxylic acids is 1. The molecule has 0 atom stereocenters. The van der Waals surface area contributed by atoms with Gasteiger partial charge in [-0.2, -0.15) is 0 Å². The van der Waals surface area contributed by atoms with Crippen molar-refractivity contribution in [2.45, 2.75) is 19.9 Å². The van der Waals surface area contributed by atoms with Gasteiger partial charge in [-0.1, -0.05) is 12.1 Å². The summed E-state index contributed by atoms with van der Waals surface area (Å²) in [6.07, 6.45) is 0. The Morgan fingerprint density at radius 2 is 1.82 bits per heavy atom. The van der Waals surface area contributed by atoms with Gasteiger partial charge in [-0.15, -0.1) is 0 Å². The molecule has 1 N–H and O–H groups in total. The number of hydrogen-bond acceptors (Lipinski definition) is 2. The maximum atomic E-state index is 13.6. The zero-order valence-electron chi connectivity index (χ0n) is 12.7. The smallest absolute Gasteiger partial charge is 0.258 e. The average molecular weight is 304 g/mol. The Hall–Kier alpha value is -2.43. The van der Waals surface area contributed by atoms with E-state index in [1.54, 1.807) is 18.2 Å². The van der Waals surface area contributed by atoms with Crippen LogP contribution in [0.2, 0.25) is 0 Å². The molecular weight excluding hydrogens is 286 g/mol. The number of rotatable bonds is 4. The summed E-state index contributed by atoms with van der Waals surface area (Å²) in [4.78, 5) is 14.1. The number of carbonyl (C=O) groups is 1. The molecule has 22 heavy (non-hydrogen) atoms. The highest BCUT2D eigenvalue weighted by atomic mass is 19.2. The first-order valence-corrected chi connectivity index (χ1v) is 6.98. The van der Waals surface area contributed by atoms with E-state index < -0.39 is 17.5 Å². The van der Waals surface area contributed by atoms with Gasteiger partial charge >= 0.3 is 0 Å². The van der Waals surface area contributed by atoms with Crippen LogP contribution in [0, 0.1) is 11.6 Å². The molecule has 0 radical (unpaired) electrons. The number of halogens is 2. The Kier molecular flexibility index (Phi) is 4.75. The summed E-state index contributed by atoms with van der Waals surface area (Å²) in [5.41, 5.74) is 1.13. The van der Waals surface area contributed by atoms with Crippen LogP contribution in [-0.4, -0.2) is 19.0 Å². The van der Waals surface area contributed by atoms with Crippen LogP contribution < -0.4 is 10.2 Å². The molecule has 116 valence electrons. The molecule has 0 bridgehead atoms. The second-order valence-corrected chi connectivity index (χ2v) is 5.31. The predicted molar refractivity (Wildman–Crippen MR) is 84.3 cm³/mol. The van der Waals surface area contributed by atoms with Crippen LogP contribution in [0.3, 0.4) is 0 Å². The third kappa shape index (κ3) is 3.42. The first-order valence-electron chi connectivity index (χ1n) is 6.98. The molecule has 1 amide bonds. The molecule has 0 saturated carbocycles. The molecule has 0 saturated heterocycles. The molecule has 0 spiro atoms. The minimum Gasteiger partial charge on any atom is -0.372 e. The van der Waals surface area contributed by atoms with E-state index in [0.29, 0.717) is 11.7 Å². The largest absolute Gasteiger partial charge is 0.372 e. The maximum Gasteiger partial charge on any atom is 0.258 e. The molecule has 0 aliphatic heterocycles. The molecule has 0 aromatic heterocycles. The fraction of sp³-hybridized carbons (Fsp3) is 0.235. The fourth-order valence-electron chi connectivity index (χ4n) is 1.98. The number of anilines is 2. The van der Waals surface area contributed by atoms with Gasteiger partial charge in [0.05, 0.1) is 5.56 Å². The lowest BCUT2D eigenvalue weighted by atomic mass is 10.1. The van der Waals surface area contributed by atoms with E-state index in [2.05, 4.69) is 5.32 Å². The molecule has 2 aromatic rings. The van der Waals surface area contributed by atoms with E-state index in [1.807, 2.05) is 31.9 Å². The number of hydrogen-bond donors (Lipinski definition) is 1. The van der Waals surface area contributed by atoms with Gasteiger partial charge in [0.25, 0.3) is 5.91 Å². The molecule has 0 aliphatic rings. The second kappa shape index (κ2) is 6.56. The highest BCUT2D eigenvalue weighted by Crippen LogP contribution is 2.21. The summed E-state index contributed by atoms with van der Waals surface area (Å²) in [5.74, 6) is -2.86. The van der Waals surface area contributed by atoms with E-state index in [0.717, 1.165) is 11.8 Å². The van der Waals surface area contributed by atoms with Crippen LogP contribution in [0.1, 0.15) is 24.2 Å². The van der Waals surface area contributed by atoms with Crippen molar-refractivity contribution in [3.05, 3.63) is 59.7 Å². The van der Waals surface area contributed by atoms with Crippen molar-refractivity contribution < 1.29 is 13.6 Å². The van der Waals surface area contributed by atoms with Gasteiger partial charge in [-0.25, -0.2) is 8.78 Å². The Bertz CT molecular complexity index is 686. The second-order valence-electron chi connectivity index (χ2n) is 5.31. The van der Waals surface area contributed by atoms with Gasteiger partial charge in [0.1, 0.15) is 0 Å². The lowest BCUT2D eigenvalue weighted by Crippen LogP contribution is -2.25. The normalized spacial score (nSPS) is 10.6. The van der Waals surface area contributed by atoms with Crippen molar-refractivity contribution in [1.29, 1.82) is 0 Å². The number of amides is 1. The van der Waals surface area contributed by atoms with Crippen LogP contribution in [0.15, 0.2) is 42.5 Å². The number of benzene rings is 2. The van der Waals surface area contributed by atoms with Gasteiger partial charge < -0.3 is 10.2 Å². The maximum absolute atomic E-state index is 13.6. The van der Waals surface area contributed by atoms with Crippen molar-refractivity contribution in [2.75, 3.05) is 17.3 Å². The Morgan fingerprint density at radius 1 is 1.14 bits per heavy atom. The molecule has 5 heteroatoms. The molecular formula is C17H18F2N2O. The van der Waals surface area contributed by atoms with Crippen LogP contribution in [0.5, 0.6) is 0 Å². The summed E-state index contributed by atoms with van der Waals surface area (Å²) < 4.78 is 26.8. The summed E-state index contributed by atoms with van der Waals surface area (Å²) in [6.45, 7) is 4.10. The fourth-order valence-corrected chi connectivity index (χ4v) is 1.98. The summed E-state index contributed by atoms with van der Waals surface area (Å²) in [6, 6.07) is 11.0. The quantitative estimate of drug-likeness (QED) is 0.923. The Morgan fingerprint density at radius 3 is 2.50 bits per heavy atom. The van der Waals surface area contributed by atoms with Crippen molar-refractivity contribution in [3.63, 3.8) is 0 Å². The van der Waals surface area contributed by atoms with E-state index in [-0.39, 0.29) is 5.56 Å². The van der Waals surface area contributed by atoms with Crippen molar-refractivity contribution in [2.24, 2.45) is 0 Å². The van der Waals surface area contributed by atoms with Crippen LogP contribution >= 0.6 is 0 Å². The summed E-state index contributed by atoms with van der Waals surface area (Å²) >= 11 is 0. The Balaban J connectivity index is 2.22. The monoisotopic (exact) mass is 304 g/mol. The van der Waals surface area contributed by atoms with Gasteiger partial charge in [0.2, 0.25) is 0 Å². The molecule has 0 aliphatic carbocycles. The summed E-state index contributed by atoms with van der Waals surface area (Å²) in [5, 5.41) is 2.59. The molecule has 0 unspecified atom stereocenters. The lowest BCUT2D eigenvalue weighted by molar-refractivity contribution is 0.102. The van der Waals surface area contributed by atoms with Crippen LogP contribution in [0.4, 0.5) is 20.2 Å². The molecule has 0 heterocycles. The molecule has 3 nitrogen and oxygen atoms in total. The lowest BCUT2D eigenvalue weighted by Gasteiger charge is -2.24. The first-order chi connectivity index (χ1) is 10.4. The average Bonchev–Trinajstić information content (AvgIpc) is 2.49. The minimum absolute atomic E-state index is 0.298. The third-order valence-corrected chi connectivity index (χ3v) is 3.48. The zero-order chi connectivity index (χ0) is 16.3. The van der Waals surface area contributed by atoms with Crippen LogP contribution in [-0.2, 0) is 0 Å². The minimum atomic E-state index is -1.14. The highest BCUT2D eigenvalue weighted by Gasteiger charge is 2.15. The SMILES string of the molecule is CC(C)N(C)c1cccc(NC(=O)c2cccc(F)c2F)c1. The first kappa shape index (κ1) is 15.9. The third-order valence-electron chi connectivity index (χ3n) is 3.48. The Labute approximate surface area is 128 Å². The standard InChI is InChI=1S/C17H18F2N2O/c1-11(2)21(3)13-7-4-6-12(10-13)20-17(22)14-8-5-9-15(18)16(14)19/h4-11H,1-3H3,(H,20,22). The highest BCUT2D eigenvalue weighted by molar-refractivity contribution is 6.04. The van der Waals surface area contributed by atoms with Crippen molar-refractivity contribution in [3.8, 4) is 0 Å². The van der Waals surface area contributed by atoms with E-state index in [4.69, 9.17) is 0 Å². The molecule has 2 aromatic carbocycles. The van der Waals surface area contributed by atoms with Gasteiger partial charge in [0, 0.05) is 24.5 Å². The number of nitrogens with zero attached hydrogens (tertiary/aromatic N) is 1. The predicted octanol–water partition coefficient (Wildman–Crippen LogP) is 4.06. The van der Waals surface area contributed by atoms with Gasteiger partial charge in [0.15, 0.2) is 11.6 Å². The van der Waals surface area contributed by atoms with E-state index in [9.17, 15) is 13.6 Å². The van der Waals surface area contributed by atoms with E-state index >= 15 is 0 Å². The van der Waals surface area contributed by atoms with Gasteiger partial charge in [-0.05, 0) is 44.2 Å². The zero-order valence-corrected chi connectivity index (χ0v) is 12.7. The topological polar surface area (TPSA) is 32.3 Å². The van der Waals surface area contributed by atoms with Gasteiger partial charge in [-0.3, -0.25) is 4.79 Å².